The quantitative estimate of drug-likeness (QED) is 0.345. The molecule has 0 saturated heterocycles. The summed E-state index contributed by atoms with van der Waals surface area (Å²) in [5, 5.41) is 4.67. The maximum absolute atomic E-state index is 2.46. The van der Waals surface area contributed by atoms with Gasteiger partial charge >= 0.3 is 0 Å². The fraction of sp³-hybridized carbons (Fsp3) is 0.652. The second-order valence-electron chi connectivity index (χ2n) is 7.84. The molecule has 0 amide bonds. The van der Waals surface area contributed by atoms with Crippen LogP contribution < -0.4 is 0 Å². The summed E-state index contributed by atoms with van der Waals surface area (Å²) in [7, 11) is 0. The van der Waals surface area contributed by atoms with E-state index in [2.05, 4.69) is 43.7 Å². The van der Waals surface area contributed by atoms with Gasteiger partial charge in [0.2, 0.25) is 0 Å². The smallest absolute Gasteiger partial charge is 0.0486 e. The molecular weight excluding hydrogens is 340 g/mol. The van der Waals surface area contributed by atoms with Gasteiger partial charge in [0, 0.05) is 15.2 Å². The maximum Gasteiger partial charge on any atom is 0.0486 e. The van der Waals surface area contributed by atoms with Gasteiger partial charge in [-0.05, 0) is 52.8 Å². The number of rotatable bonds is 11. The lowest BCUT2D eigenvalue weighted by molar-refractivity contribution is 0.311. The largest absolute Gasteiger partial charge is 0.143 e. The topological polar surface area (TPSA) is 0 Å². The van der Waals surface area contributed by atoms with Gasteiger partial charge in [-0.15, -0.1) is 22.7 Å². The molecule has 2 heteroatoms. The maximum atomic E-state index is 2.46. The lowest BCUT2D eigenvalue weighted by Crippen LogP contribution is -2.28. The third kappa shape index (κ3) is 3.76. The molecule has 0 aliphatic heterocycles. The van der Waals surface area contributed by atoms with Gasteiger partial charge < -0.3 is 0 Å². The Morgan fingerprint density at radius 3 is 2.04 bits per heavy atom. The summed E-state index contributed by atoms with van der Waals surface area (Å²) in [5.41, 5.74) is 3.66. The van der Waals surface area contributed by atoms with Crippen LogP contribution >= 0.6 is 22.7 Å². The number of hydrogen-bond donors (Lipinski definition) is 0. The first-order valence-corrected chi connectivity index (χ1v) is 12.2. The highest BCUT2D eigenvalue weighted by atomic mass is 32.1. The average Bonchev–Trinajstić information content (AvgIpc) is 3.32. The zero-order valence-corrected chi connectivity index (χ0v) is 17.9. The van der Waals surface area contributed by atoms with Crippen LogP contribution in [0.4, 0.5) is 0 Å². The Labute approximate surface area is 162 Å². The Bertz CT molecular complexity index is 608. The number of hydrogen-bond acceptors (Lipinski definition) is 2. The highest BCUT2D eigenvalue weighted by Gasteiger charge is 2.45. The molecule has 138 valence electrons. The molecular formula is C23H34S2. The fourth-order valence-corrected chi connectivity index (χ4v) is 6.93. The highest BCUT2D eigenvalue weighted by molar-refractivity contribution is 7.21. The zero-order chi connectivity index (χ0) is 17.7. The molecule has 1 atom stereocenters. The lowest BCUT2D eigenvalue weighted by atomic mass is 9.68. The van der Waals surface area contributed by atoms with Crippen molar-refractivity contribution in [2.45, 2.75) is 90.4 Å². The van der Waals surface area contributed by atoms with Gasteiger partial charge in [0.15, 0.2) is 0 Å². The molecule has 2 aromatic rings. The van der Waals surface area contributed by atoms with E-state index in [0.29, 0.717) is 5.41 Å². The molecule has 2 aromatic heterocycles. The van der Waals surface area contributed by atoms with Crippen molar-refractivity contribution in [2.75, 3.05) is 0 Å². The van der Waals surface area contributed by atoms with Crippen molar-refractivity contribution in [3.8, 4) is 9.75 Å². The normalized spacial score (nSPS) is 16.0. The first kappa shape index (κ1) is 19.2. The standard InChI is InChI=1S/C23H34S2/c1-4-7-9-10-14-23(17-18(6-3)11-8-5-2)19-12-15-24-21(19)22-20(23)13-16-25-22/h12-13,15-16,18H,4-11,14,17H2,1-3H3. The van der Waals surface area contributed by atoms with Crippen molar-refractivity contribution in [3.63, 3.8) is 0 Å². The van der Waals surface area contributed by atoms with E-state index in [-0.39, 0.29) is 0 Å². The molecule has 0 saturated carbocycles. The third-order valence-corrected chi connectivity index (χ3v) is 8.20. The van der Waals surface area contributed by atoms with E-state index < -0.39 is 0 Å². The number of fused-ring (bicyclic) bond motifs is 3. The van der Waals surface area contributed by atoms with Crippen LogP contribution in [0.15, 0.2) is 22.9 Å². The monoisotopic (exact) mass is 374 g/mol. The zero-order valence-electron chi connectivity index (χ0n) is 16.3. The second kappa shape index (κ2) is 8.86. The minimum absolute atomic E-state index is 0.312. The molecule has 0 bridgehead atoms. The molecule has 0 N–H and O–H groups in total. The Balaban J connectivity index is 1.90. The predicted octanol–water partition coefficient (Wildman–Crippen LogP) is 8.65. The van der Waals surface area contributed by atoms with Gasteiger partial charge in [-0.3, -0.25) is 0 Å². The molecule has 1 aliphatic carbocycles. The van der Waals surface area contributed by atoms with Crippen molar-refractivity contribution >= 4 is 22.7 Å². The summed E-state index contributed by atoms with van der Waals surface area (Å²) in [5.74, 6) is 0.865. The van der Waals surface area contributed by atoms with Crippen LogP contribution in [0.5, 0.6) is 0 Å². The Kier molecular flexibility index (Phi) is 6.79. The average molecular weight is 375 g/mol. The highest BCUT2D eigenvalue weighted by Crippen LogP contribution is 2.58. The van der Waals surface area contributed by atoms with Gasteiger partial charge in [-0.2, -0.15) is 0 Å². The third-order valence-electron chi connectivity index (χ3n) is 6.21. The second-order valence-corrected chi connectivity index (χ2v) is 9.67. The summed E-state index contributed by atoms with van der Waals surface area (Å²) in [6, 6.07) is 4.91. The summed E-state index contributed by atoms with van der Waals surface area (Å²) in [6.45, 7) is 7.05. The molecule has 0 spiro atoms. The number of thiophene rings is 2. The fourth-order valence-electron chi connectivity index (χ4n) is 4.75. The van der Waals surface area contributed by atoms with Gasteiger partial charge in [-0.1, -0.05) is 72.1 Å². The van der Waals surface area contributed by atoms with Crippen molar-refractivity contribution < 1.29 is 0 Å². The molecule has 1 unspecified atom stereocenters. The van der Waals surface area contributed by atoms with Crippen molar-refractivity contribution in [1.29, 1.82) is 0 Å². The predicted molar refractivity (Wildman–Crippen MR) is 115 cm³/mol. The first-order valence-electron chi connectivity index (χ1n) is 10.4. The van der Waals surface area contributed by atoms with E-state index in [0.717, 1.165) is 5.92 Å². The van der Waals surface area contributed by atoms with E-state index in [9.17, 15) is 0 Å². The van der Waals surface area contributed by atoms with Crippen molar-refractivity contribution in [3.05, 3.63) is 34.0 Å². The molecule has 0 fully saturated rings. The molecule has 25 heavy (non-hydrogen) atoms. The van der Waals surface area contributed by atoms with Gasteiger partial charge in [0.05, 0.1) is 0 Å². The van der Waals surface area contributed by atoms with E-state index in [1.54, 1.807) is 20.9 Å². The lowest BCUT2D eigenvalue weighted by Gasteiger charge is -2.35. The summed E-state index contributed by atoms with van der Waals surface area (Å²) in [4.78, 5) is 3.18. The van der Waals surface area contributed by atoms with E-state index >= 15 is 0 Å². The van der Waals surface area contributed by atoms with Crippen LogP contribution in [0.2, 0.25) is 0 Å². The van der Waals surface area contributed by atoms with E-state index in [1.165, 1.54) is 64.2 Å². The van der Waals surface area contributed by atoms with Crippen LogP contribution in [0.25, 0.3) is 9.75 Å². The van der Waals surface area contributed by atoms with Crippen LogP contribution in [-0.2, 0) is 5.41 Å². The minimum atomic E-state index is 0.312. The summed E-state index contributed by atoms with van der Waals surface area (Å²) < 4.78 is 0. The Hall–Kier alpha value is -0.600. The van der Waals surface area contributed by atoms with E-state index in [4.69, 9.17) is 0 Å². The Morgan fingerprint density at radius 2 is 1.48 bits per heavy atom. The van der Waals surface area contributed by atoms with Crippen molar-refractivity contribution in [1.82, 2.24) is 0 Å². The van der Waals surface area contributed by atoms with Gasteiger partial charge in [0.1, 0.15) is 0 Å². The molecule has 3 rings (SSSR count). The summed E-state index contributed by atoms with van der Waals surface area (Å²) in [6.07, 6.45) is 13.6. The van der Waals surface area contributed by atoms with Crippen molar-refractivity contribution in [2.24, 2.45) is 5.92 Å². The van der Waals surface area contributed by atoms with Crippen LogP contribution in [0, 0.1) is 5.92 Å². The molecule has 0 nitrogen and oxygen atoms in total. The van der Waals surface area contributed by atoms with E-state index in [1.807, 2.05) is 22.7 Å². The molecule has 2 heterocycles. The molecule has 1 aliphatic rings. The van der Waals surface area contributed by atoms with Crippen LogP contribution in [0.3, 0.4) is 0 Å². The van der Waals surface area contributed by atoms with Gasteiger partial charge in [-0.25, -0.2) is 0 Å². The molecule has 0 aromatic carbocycles. The molecule has 0 radical (unpaired) electrons. The first-order chi connectivity index (χ1) is 12.3. The Morgan fingerprint density at radius 1 is 0.840 bits per heavy atom. The van der Waals surface area contributed by atoms with Gasteiger partial charge in [0.25, 0.3) is 0 Å². The van der Waals surface area contributed by atoms with Crippen LogP contribution in [-0.4, -0.2) is 0 Å². The van der Waals surface area contributed by atoms with Crippen LogP contribution in [0.1, 0.15) is 96.1 Å². The number of unbranched alkanes of at least 4 members (excludes halogenated alkanes) is 4. The minimum Gasteiger partial charge on any atom is -0.143 e. The summed E-state index contributed by atoms with van der Waals surface area (Å²) >= 11 is 3.94. The SMILES string of the molecule is CCCCCCC1(CC(CC)CCCC)c2ccsc2-c2sccc21.